The van der Waals surface area contributed by atoms with Crippen LogP contribution in [0.25, 0.3) is 0 Å². The molecule has 3 heterocycles. The van der Waals surface area contributed by atoms with Crippen LogP contribution in [0.2, 0.25) is 0 Å². The van der Waals surface area contributed by atoms with Crippen molar-refractivity contribution in [2.75, 3.05) is 24.5 Å². The minimum atomic E-state index is -0.283. The highest BCUT2D eigenvalue weighted by atomic mass is 35.5. The van der Waals surface area contributed by atoms with E-state index in [1.165, 1.54) is 32.4 Å². The molecule has 1 aromatic carbocycles. The highest BCUT2D eigenvalue weighted by Crippen LogP contribution is 2.38. The second-order valence-corrected chi connectivity index (χ2v) is 10.8. The Bertz CT molecular complexity index is 1210. The number of carbonyl (C=O) groups excluding carboxylic acids is 1. The maximum Gasteiger partial charge on any atom is 0.234 e. The van der Waals surface area contributed by atoms with Crippen LogP contribution in [0.4, 0.5) is 5.69 Å². The molecule has 1 N–H and O–H groups in total. The van der Waals surface area contributed by atoms with Gasteiger partial charge in [-0.05, 0) is 80.4 Å². The van der Waals surface area contributed by atoms with E-state index in [4.69, 9.17) is 0 Å². The Balaban J connectivity index is 0.00000210. The van der Waals surface area contributed by atoms with Crippen LogP contribution < -0.4 is 4.90 Å². The van der Waals surface area contributed by atoms with Gasteiger partial charge in [0.1, 0.15) is 5.75 Å². The molecule has 0 radical (unpaired) electrons. The van der Waals surface area contributed by atoms with Gasteiger partial charge < -0.3 is 14.9 Å². The summed E-state index contributed by atoms with van der Waals surface area (Å²) in [4.78, 5) is 23.1. The summed E-state index contributed by atoms with van der Waals surface area (Å²) in [5.74, 6) is 0.380. The zero-order chi connectivity index (χ0) is 25.8. The molecule has 1 atom stereocenters. The van der Waals surface area contributed by atoms with Crippen LogP contribution in [-0.4, -0.2) is 50.3 Å². The first kappa shape index (κ1) is 30.9. The zero-order valence-corrected chi connectivity index (χ0v) is 24.6. The third-order valence-corrected chi connectivity index (χ3v) is 7.84. The first-order chi connectivity index (χ1) is 18.0. The summed E-state index contributed by atoms with van der Waals surface area (Å²) >= 11 is 0. The highest BCUT2D eigenvalue weighted by molar-refractivity contribution is 5.98. The quantitative estimate of drug-likeness (QED) is 0.353. The summed E-state index contributed by atoms with van der Waals surface area (Å²) in [6.45, 7) is 8.89. The van der Waals surface area contributed by atoms with Crippen LogP contribution in [0.1, 0.15) is 80.2 Å². The van der Waals surface area contributed by atoms with Crippen molar-refractivity contribution in [1.82, 2.24) is 19.7 Å². The Morgan fingerprint density at radius 2 is 1.85 bits per heavy atom. The van der Waals surface area contributed by atoms with Crippen LogP contribution in [0.15, 0.2) is 48.9 Å². The lowest BCUT2D eigenvalue weighted by Crippen LogP contribution is -2.36. The number of aromatic hydroxyl groups is 1. The van der Waals surface area contributed by atoms with Gasteiger partial charge in [0.2, 0.25) is 5.91 Å². The second-order valence-electron chi connectivity index (χ2n) is 10.8. The zero-order valence-electron chi connectivity index (χ0n) is 23.0. The molecule has 1 aliphatic carbocycles. The van der Waals surface area contributed by atoms with E-state index in [0.29, 0.717) is 18.2 Å². The van der Waals surface area contributed by atoms with Crippen LogP contribution in [0.3, 0.4) is 0 Å². The molecule has 1 amide bonds. The maximum absolute atomic E-state index is 14.1. The molecular formula is C30H41Cl2N5O2. The lowest BCUT2D eigenvalue weighted by molar-refractivity contribution is -0.120. The van der Waals surface area contributed by atoms with Crippen molar-refractivity contribution < 1.29 is 9.90 Å². The largest absolute Gasteiger partial charge is 0.508 e. The first-order valence-corrected chi connectivity index (χ1v) is 13.8. The van der Waals surface area contributed by atoms with Gasteiger partial charge >= 0.3 is 0 Å². The normalized spacial score (nSPS) is 17.2. The van der Waals surface area contributed by atoms with Crippen molar-refractivity contribution in [3.8, 4) is 5.75 Å². The number of phenols is 1. The van der Waals surface area contributed by atoms with Gasteiger partial charge in [-0.15, -0.1) is 24.8 Å². The summed E-state index contributed by atoms with van der Waals surface area (Å²) in [6, 6.07) is 9.58. The number of fused-ring (bicyclic) bond motifs is 1. The Kier molecular flexibility index (Phi) is 11.2. The summed E-state index contributed by atoms with van der Waals surface area (Å²) in [5.41, 5.74) is 4.67. The van der Waals surface area contributed by atoms with Crippen LogP contribution in [-0.2, 0) is 24.3 Å². The van der Waals surface area contributed by atoms with Crippen molar-refractivity contribution >= 4 is 36.4 Å². The van der Waals surface area contributed by atoms with E-state index in [2.05, 4.69) is 35.0 Å². The smallest absolute Gasteiger partial charge is 0.234 e. The molecule has 3 aromatic rings. The number of halogens is 2. The number of pyridine rings is 1. The van der Waals surface area contributed by atoms with E-state index < -0.39 is 0 Å². The Morgan fingerprint density at radius 1 is 1.05 bits per heavy atom. The third kappa shape index (κ3) is 7.33. The number of hydrogen-bond donors (Lipinski definition) is 1. The number of anilines is 1. The molecule has 1 saturated heterocycles. The van der Waals surface area contributed by atoms with Gasteiger partial charge in [-0.2, -0.15) is 5.10 Å². The molecular weight excluding hydrogens is 533 g/mol. The monoisotopic (exact) mass is 573 g/mol. The van der Waals surface area contributed by atoms with Crippen molar-refractivity contribution in [2.45, 2.75) is 77.3 Å². The van der Waals surface area contributed by atoms with Gasteiger partial charge in [0, 0.05) is 24.0 Å². The molecule has 0 saturated carbocycles. The van der Waals surface area contributed by atoms with Crippen LogP contribution >= 0.6 is 24.8 Å². The molecule has 1 unspecified atom stereocenters. The topological polar surface area (TPSA) is 74.5 Å². The molecule has 0 spiro atoms. The second kappa shape index (κ2) is 14.1. The highest BCUT2D eigenvalue weighted by Gasteiger charge is 2.32. The van der Waals surface area contributed by atoms with Gasteiger partial charge in [0.05, 0.1) is 37.1 Å². The van der Waals surface area contributed by atoms with Crippen molar-refractivity contribution in [2.24, 2.45) is 0 Å². The number of phenolic OH excluding ortho intramolecular Hbond substituents is 1. The fraction of sp³-hybridized carbons (Fsp3) is 0.500. The number of hydrogen-bond acceptors (Lipinski definition) is 5. The SMILES string of the molecule is CC(C)c1ccc(N(Cc2cnn(CCN3CCCCC3)c2)C(=O)C2CCCc3c(O)cccc32)cn1.Cl.Cl. The molecule has 212 valence electrons. The minimum absolute atomic E-state index is 0. The number of benzene rings is 1. The molecule has 39 heavy (non-hydrogen) atoms. The standard InChI is InChI=1S/C30H39N5O2.2ClH/c1-22(2)28-13-12-24(19-31-28)35(30(37)27-10-6-9-26-25(27)8-7-11-29(26)36)21-23-18-32-34(20-23)17-16-33-14-4-3-5-15-33;;/h7-8,11-13,18-20,22,27,36H,3-6,9-10,14-17,21H2,1-2H3;2*1H. The number of carbonyl (C=O) groups is 1. The van der Waals surface area contributed by atoms with Crippen molar-refractivity contribution in [1.29, 1.82) is 0 Å². The Morgan fingerprint density at radius 3 is 2.56 bits per heavy atom. The molecule has 1 aliphatic heterocycles. The van der Waals surface area contributed by atoms with E-state index in [1.807, 2.05) is 46.2 Å². The van der Waals surface area contributed by atoms with Gasteiger partial charge in [-0.25, -0.2) is 0 Å². The fourth-order valence-corrected chi connectivity index (χ4v) is 5.69. The molecule has 9 heteroatoms. The van der Waals surface area contributed by atoms with Gasteiger partial charge in [-0.1, -0.05) is 32.4 Å². The fourth-order valence-electron chi connectivity index (χ4n) is 5.69. The molecule has 5 rings (SSSR count). The number of likely N-dealkylation sites (tertiary alicyclic amines) is 1. The summed E-state index contributed by atoms with van der Waals surface area (Å²) < 4.78 is 2.00. The van der Waals surface area contributed by atoms with Crippen LogP contribution in [0, 0.1) is 0 Å². The molecule has 0 bridgehead atoms. The maximum atomic E-state index is 14.1. The first-order valence-electron chi connectivity index (χ1n) is 13.8. The van der Waals surface area contributed by atoms with Gasteiger partial charge in [0.15, 0.2) is 0 Å². The molecule has 7 nitrogen and oxygen atoms in total. The average molecular weight is 575 g/mol. The predicted molar refractivity (Wildman–Crippen MR) is 160 cm³/mol. The number of piperidine rings is 1. The van der Waals surface area contributed by atoms with Crippen molar-refractivity contribution in [3.05, 3.63) is 71.3 Å². The molecule has 2 aliphatic rings. The Hall–Kier alpha value is -2.61. The summed E-state index contributed by atoms with van der Waals surface area (Å²) in [5, 5.41) is 15.0. The summed E-state index contributed by atoms with van der Waals surface area (Å²) in [7, 11) is 0. The third-order valence-electron chi connectivity index (χ3n) is 7.84. The lowest BCUT2D eigenvalue weighted by atomic mass is 9.81. The van der Waals surface area contributed by atoms with E-state index in [-0.39, 0.29) is 36.6 Å². The van der Waals surface area contributed by atoms with E-state index in [0.717, 1.165) is 60.4 Å². The summed E-state index contributed by atoms with van der Waals surface area (Å²) in [6.07, 6.45) is 12.1. The van der Waals surface area contributed by atoms with Crippen LogP contribution in [0.5, 0.6) is 5.75 Å². The lowest BCUT2D eigenvalue weighted by Gasteiger charge is -2.31. The number of amides is 1. The van der Waals surface area contributed by atoms with E-state index in [1.54, 1.807) is 6.07 Å². The van der Waals surface area contributed by atoms with E-state index in [9.17, 15) is 9.90 Å². The minimum Gasteiger partial charge on any atom is -0.508 e. The van der Waals surface area contributed by atoms with E-state index >= 15 is 0 Å². The van der Waals surface area contributed by atoms with Gasteiger partial charge in [-0.3, -0.25) is 14.5 Å². The Labute approximate surface area is 244 Å². The molecule has 1 fully saturated rings. The van der Waals surface area contributed by atoms with Crippen molar-refractivity contribution in [3.63, 3.8) is 0 Å². The molecule has 2 aromatic heterocycles. The predicted octanol–water partition coefficient (Wildman–Crippen LogP) is 6.09. The number of nitrogens with zero attached hydrogens (tertiary/aromatic N) is 5. The van der Waals surface area contributed by atoms with Gasteiger partial charge in [0.25, 0.3) is 0 Å². The average Bonchev–Trinajstić information content (AvgIpc) is 3.38. The number of aromatic nitrogens is 3. The number of rotatable bonds is 8.